The quantitative estimate of drug-likeness (QED) is 0.824. The molecule has 0 radical (unpaired) electrons. The van der Waals surface area contributed by atoms with Crippen LogP contribution in [0.15, 0.2) is 24.3 Å². The van der Waals surface area contributed by atoms with E-state index in [1.807, 2.05) is 0 Å². The number of nitrogens with one attached hydrogen (secondary N) is 1. The van der Waals surface area contributed by atoms with Crippen LogP contribution in [0, 0.1) is 11.8 Å². The van der Waals surface area contributed by atoms with Crippen LogP contribution in [0.3, 0.4) is 0 Å². The Labute approximate surface area is 102 Å². The first-order chi connectivity index (χ1) is 8.08. The summed E-state index contributed by atoms with van der Waals surface area (Å²) in [6.45, 7) is 4.43. The molecule has 2 rings (SSSR count). The van der Waals surface area contributed by atoms with Gasteiger partial charge in [0, 0.05) is 11.6 Å². The van der Waals surface area contributed by atoms with Crippen molar-refractivity contribution in [2.75, 3.05) is 0 Å². The van der Waals surface area contributed by atoms with Crippen molar-refractivity contribution in [2.24, 2.45) is 11.8 Å². The predicted octanol–water partition coefficient (Wildman–Crippen LogP) is 2.56. The second kappa shape index (κ2) is 4.78. The number of phenolic OH excluding ortho intramolecular Hbond substituents is 1. The topological polar surface area (TPSA) is 49.3 Å². The minimum absolute atomic E-state index is 0.0454. The fourth-order valence-electron chi connectivity index (χ4n) is 2.43. The Bertz CT molecular complexity index is 399. The molecule has 0 saturated heterocycles. The van der Waals surface area contributed by atoms with Crippen molar-refractivity contribution < 1.29 is 9.90 Å². The van der Waals surface area contributed by atoms with Gasteiger partial charge in [-0.3, -0.25) is 4.79 Å². The summed E-state index contributed by atoms with van der Waals surface area (Å²) in [4.78, 5) is 12.0. The Morgan fingerprint density at radius 3 is 2.41 bits per heavy atom. The van der Waals surface area contributed by atoms with Crippen molar-refractivity contribution in [1.29, 1.82) is 0 Å². The first-order valence-corrected chi connectivity index (χ1v) is 6.18. The summed E-state index contributed by atoms with van der Waals surface area (Å²) < 4.78 is 0. The molecule has 3 heteroatoms. The van der Waals surface area contributed by atoms with Gasteiger partial charge in [0.15, 0.2) is 0 Å². The van der Waals surface area contributed by atoms with Crippen molar-refractivity contribution in [3.63, 3.8) is 0 Å². The van der Waals surface area contributed by atoms with Crippen molar-refractivity contribution >= 4 is 5.91 Å². The van der Waals surface area contributed by atoms with E-state index >= 15 is 0 Å². The van der Waals surface area contributed by atoms with Gasteiger partial charge in [-0.15, -0.1) is 0 Å². The van der Waals surface area contributed by atoms with Crippen LogP contribution in [0.1, 0.15) is 37.0 Å². The molecule has 1 aliphatic carbocycles. The molecule has 1 saturated carbocycles. The molecule has 0 spiro atoms. The van der Waals surface area contributed by atoms with E-state index in [-0.39, 0.29) is 17.7 Å². The fraction of sp³-hybridized carbons (Fsp3) is 0.500. The largest absolute Gasteiger partial charge is 0.508 e. The summed E-state index contributed by atoms with van der Waals surface area (Å²) in [6, 6.07) is 6.65. The van der Waals surface area contributed by atoms with Gasteiger partial charge in [-0.05, 0) is 48.9 Å². The lowest BCUT2D eigenvalue weighted by Crippen LogP contribution is -2.37. The minimum Gasteiger partial charge on any atom is -0.508 e. The number of hydrogen-bond acceptors (Lipinski definition) is 2. The number of amides is 1. The monoisotopic (exact) mass is 233 g/mol. The van der Waals surface area contributed by atoms with Crippen LogP contribution < -0.4 is 5.32 Å². The van der Waals surface area contributed by atoms with Crippen molar-refractivity contribution in [3.05, 3.63) is 29.8 Å². The van der Waals surface area contributed by atoms with Crippen molar-refractivity contribution in [1.82, 2.24) is 5.32 Å². The van der Waals surface area contributed by atoms with Crippen LogP contribution >= 0.6 is 0 Å². The van der Waals surface area contributed by atoms with E-state index in [4.69, 9.17) is 5.11 Å². The highest BCUT2D eigenvalue weighted by Gasteiger charge is 2.30. The normalized spacial score (nSPS) is 28.0. The molecular weight excluding hydrogens is 214 g/mol. The average Bonchev–Trinajstić information content (AvgIpc) is 2.62. The third kappa shape index (κ3) is 2.60. The minimum atomic E-state index is -0.0454. The number of carbonyl (C=O) groups excluding carboxylic acids is 1. The second-order valence-corrected chi connectivity index (χ2v) is 5.04. The van der Waals surface area contributed by atoms with Crippen LogP contribution in [-0.4, -0.2) is 17.1 Å². The van der Waals surface area contributed by atoms with Gasteiger partial charge in [-0.1, -0.05) is 13.8 Å². The highest BCUT2D eigenvalue weighted by Crippen LogP contribution is 2.31. The number of carbonyl (C=O) groups is 1. The molecule has 3 unspecified atom stereocenters. The van der Waals surface area contributed by atoms with E-state index in [1.165, 1.54) is 18.6 Å². The molecule has 1 aliphatic rings. The molecular formula is C14H19NO2. The van der Waals surface area contributed by atoms with Crippen LogP contribution in [-0.2, 0) is 0 Å². The molecule has 1 aromatic rings. The number of rotatable bonds is 2. The second-order valence-electron chi connectivity index (χ2n) is 5.04. The SMILES string of the molecule is CC1CCC(NC(=O)c2ccc(O)cc2)C1C. The lowest BCUT2D eigenvalue weighted by atomic mass is 9.97. The molecule has 0 bridgehead atoms. The molecule has 92 valence electrons. The molecule has 1 fully saturated rings. The summed E-state index contributed by atoms with van der Waals surface area (Å²) in [5, 5.41) is 12.2. The molecule has 17 heavy (non-hydrogen) atoms. The molecule has 0 aliphatic heterocycles. The Balaban J connectivity index is 2.00. The van der Waals surface area contributed by atoms with Gasteiger partial charge in [0.2, 0.25) is 0 Å². The van der Waals surface area contributed by atoms with Gasteiger partial charge >= 0.3 is 0 Å². The van der Waals surface area contributed by atoms with Crippen LogP contribution in [0.4, 0.5) is 0 Å². The summed E-state index contributed by atoms with van der Waals surface area (Å²) in [5.74, 6) is 1.36. The number of phenols is 1. The van der Waals surface area contributed by atoms with E-state index in [2.05, 4.69) is 19.2 Å². The van der Waals surface area contributed by atoms with Gasteiger partial charge in [0.1, 0.15) is 5.75 Å². The summed E-state index contributed by atoms with van der Waals surface area (Å²) in [6.07, 6.45) is 2.24. The zero-order chi connectivity index (χ0) is 12.4. The first-order valence-electron chi connectivity index (χ1n) is 6.18. The Kier molecular flexibility index (Phi) is 3.36. The Morgan fingerprint density at radius 2 is 1.88 bits per heavy atom. The lowest BCUT2D eigenvalue weighted by molar-refractivity contribution is 0.0927. The molecule has 3 atom stereocenters. The van der Waals surface area contributed by atoms with E-state index in [0.717, 1.165) is 6.42 Å². The maximum absolute atomic E-state index is 12.0. The van der Waals surface area contributed by atoms with Gasteiger partial charge in [0.25, 0.3) is 5.91 Å². The van der Waals surface area contributed by atoms with Crippen LogP contribution in [0.5, 0.6) is 5.75 Å². The van der Waals surface area contributed by atoms with E-state index in [9.17, 15) is 4.79 Å². The van der Waals surface area contributed by atoms with Crippen LogP contribution in [0.2, 0.25) is 0 Å². The lowest BCUT2D eigenvalue weighted by Gasteiger charge is -2.19. The summed E-state index contributed by atoms with van der Waals surface area (Å²) in [5.41, 5.74) is 0.606. The molecule has 1 amide bonds. The molecule has 0 heterocycles. The molecule has 2 N–H and O–H groups in total. The van der Waals surface area contributed by atoms with Crippen LogP contribution in [0.25, 0.3) is 0 Å². The average molecular weight is 233 g/mol. The zero-order valence-electron chi connectivity index (χ0n) is 10.3. The first kappa shape index (κ1) is 12.0. The predicted molar refractivity (Wildman–Crippen MR) is 66.9 cm³/mol. The Hall–Kier alpha value is -1.51. The Morgan fingerprint density at radius 1 is 1.24 bits per heavy atom. The summed E-state index contributed by atoms with van der Waals surface area (Å²) >= 11 is 0. The highest BCUT2D eigenvalue weighted by atomic mass is 16.3. The maximum atomic E-state index is 12.0. The maximum Gasteiger partial charge on any atom is 0.251 e. The van der Waals surface area contributed by atoms with E-state index in [1.54, 1.807) is 12.1 Å². The third-order valence-corrected chi connectivity index (χ3v) is 3.91. The molecule has 1 aromatic carbocycles. The van der Waals surface area contributed by atoms with Gasteiger partial charge in [-0.25, -0.2) is 0 Å². The molecule has 3 nitrogen and oxygen atoms in total. The smallest absolute Gasteiger partial charge is 0.251 e. The van der Waals surface area contributed by atoms with Gasteiger partial charge in [0.05, 0.1) is 0 Å². The van der Waals surface area contributed by atoms with Crippen molar-refractivity contribution in [3.8, 4) is 5.75 Å². The van der Waals surface area contributed by atoms with E-state index in [0.29, 0.717) is 17.4 Å². The fourth-order valence-corrected chi connectivity index (χ4v) is 2.43. The number of benzene rings is 1. The highest BCUT2D eigenvalue weighted by molar-refractivity contribution is 5.94. The van der Waals surface area contributed by atoms with Crippen molar-refractivity contribution in [2.45, 2.75) is 32.7 Å². The number of aromatic hydroxyl groups is 1. The van der Waals surface area contributed by atoms with Gasteiger partial charge in [-0.2, -0.15) is 0 Å². The van der Waals surface area contributed by atoms with Gasteiger partial charge < -0.3 is 10.4 Å². The molecule has 0 aromatic heterocycles. The number of hydrogen-bond donors (Lipinski definition) is 2. The van der Waals surface area contributed by atoms with E-state index < -0.39 is 0 Å². The standard InChI is InChI=1S/C14H19NO2/c1-9-3-8-13(10(9)2)15-14(17)11-4-6-12(16)7-5-11/h4-7,9-10,13,16H,3,8H2,1-2H3,(H,15,17). The summed E-state index contributed by atoms with van der Waals surface area (Å²) in [7, 11) is 0. The third-order valence-electron chi connectivity index (χ3n) is 3.91. The zero-order valence-corrected chi connectivity index (χ0v) is 10.3.